The zero-order valence-corrected chi connectivity index (χ0v) is 11.6. The molecule has 3 rings (SSSR count). The molecule has 2 heteroatoms. The first-order chi connectivity index (χ1) is 9.28. The summed E-state index contributed by atoms with van der Waals surface area (Å²) in [4.78, 5) is 13.9. The first kappa shape index (κ1) is 12.6. The summed E-state index contributed by atoms with van der Waals surface area (Å²) in [6.07, 6.45) is 4.91. The molecule has 19 heavy (non-hydrogen) atoms. The summed E-state index contributed by atoms with van der Waals surface area (Å²) >= 11 is 0. The van der Waals surface area contributed by atoms with Crippen LogP contribution >= 0.6 is 0 Å². The van der Waals surface area contributed by atoms with E-state index in [1.54, 1.807) is 5.57 Å². The van der Waals surface area contributed by atoms with Gasteiger partial charge in [0.1, 0.15) is 5.78 Å². The zero-order chi connectivity index (χ0) is 13.2. The average molecular weight is 255 g/mol. The zero-order valence-electron chi connectivity index (χ0n) is 11.6. The van der Waals surface area contributed by atoms with E-state index in [9.17, 15) is 4.79 Å². The van der Waals surface area contributed by atoms with Crippen LogP contribution in [0.5, 0.6) is 0 Å². The van der Waals surface area contributed by atoms with Gasteiger partial charge in [-0.25, -0.2) is 0 Å². The molecule has 1 aromatic carbocycles. The number of hydrogen-bond donors (Lipinski definition) is 0. The minimum atomic E-state index is 0.383. The number of piperidine rings is 1. The van der Waals surface area contributed by atoms with Crippen molar-refractivity contribution in [2.45, 2.75) is 32.1 Å². The largest absolute Gasteiger partial charge is 0.302 e. The second-order valence-electron chi connectivity index (χ2n) is 5.59. The van der Waals surface area contributed by atoms with E-state index < -0.39 is 0 Å². The SMILES string of the molecule is CCC(=O)CCN1CCC2=Cc3ccccc3[C@H]2C1. The molecule has 2 nitrogen and oxygen atoms in total. The second-order valence-corrected chi connectivity index (χ2v) is 5.59. The van der Waals surface area contributed by atoms with Crippen LogP contribution in [0.4, 0.5) is 0 Å². The maximum atomic E-state index is 11.4. The molecule has 1 aliphatic heterocycles. The molecule has 2 aliphatic rings. The van der Waals surface area contributed by atoms with Gasteiger partial charge in [0, 0.05) is 38.4 Å². The molecule has 0 amide bonds. The van der Waals surface area contributed by atoms with E-state index in [-0.39, 0.29) is 0 Å². The Hall–Kier alpha value is -1.41. The molecule has 0 bridgehead atoms. The van der Waals surface area contributed by atoms with Gasteiger partial charge in [0.05, 0.1) is 0 Å². The van der Waals surface area contributed by atoms with E-state index in [1.807, 2.05) is 6.92 Å². The van der Waals surface area contributed by atoms with Crippen molar-refractivity contribution in [2.75, 3.05) is 19.6 Å². The first-order valence-electron chi connectivity index (χ1n) is 7.31. The third-order valence-electron chi connectivity index (χ3n) is 4.42. The summed E-state index contributed by atoms with van der Waals surface area (Å²) in [5.74, 6) is 0.954. The van der Waals surface area contributed by atoms with Crippen molar-refractivity contribution < 1.29 is 4.79 Å². The molecule has 1 aliphatic carbocycles. The first-order valence-corrected chi connectivity index (χ1v) is 7.31. The number of likely N-dealkylation sites (tertiary alicyclic amines) is 1. The molecule has 0 aromatic heterocycles. The highest BCUT2D eigenvalue weighted by Gasteiger charge is 2.30. The van der Waals surface area contributed by atoms with Crippen molar-refractivity contribution in [3.05, 3.63) is 41.0 Å². The van der Waals surface area contributed by atoms with Gasteiger partial charge in [-0.15, -0.1) is 0 Å². The number of benzene rings is 1. The second kappa shape index (κ2) is 5.30. The summed E-state index contributed by atoms with van der Waals surface area (Å²) in [6, 6.07) is 8.72. The number of fused-ring (bicyclic) bond motifs is 3. The molecule has 0 saturated carbocycles. The van der Waals surface area contributed by atoms with Gasteiger partial charge in [0.15, 0.2) is 0 Å². The lowest BCUT2D eigenvalue weighted by atomic mass is 9.90. The van der Waals surface area contributed by atoms with Crippen molar-refractivity contribution in [3.63, 3.8) is 0 Å². The van der Waals surface area contributed by atoms with Crippen molar-refractivity contribution in [1.82, 2.24) is 4.90 Å². The van der Waals surface area contributed by atoms with Crippen LogP contribution in [-0.4, -0.2) is 30.3 Å². The molecule has 0 N–H and O–H groups in total. The number of hydrogen-bond acceptors (Lipinski definition) is 2. The highest BCUT2D eigenvalue weighted by atomic mass is 16.1. The summed E-state index contributed by atoms with van der Waals surface area (Å²) < 4.78 is 0. The number of Topliss-reactive ketones (excluding diaryl/α,β-unsaturated/α-hetero) is 1. The summed E-state index contributed by atoms with van der Waals surface area (Å²) in [5, 5.41) is 0. The molecule has 0 spiro atoms. The molecule has 1 atom stereocenters. The van der Waals surface area contributed by atoms with Crippen LogP contribution in [-0.2, 0) is 4.79 Å². The summed E-state index contributed by atoms with van der Waals surface area (Å²) in [7, 11) is 0. The average Bonchev–Trinajstić information content (AvgIpc) is 2.82. The lowest BCUT2D eigenvalue weighted by Gasteiger charge is -2.33. The molecule has 1 heterocycles. The van der Waals surface area contributed by atoms with E-state index >= 15 is 0 Å². The summed E-state index contributed by atoms with van der Waals surface area (Å²) in [5.41, 5.74) is 4.46. The van der Waals surface area contributed by atoms with Crippen LogP contribution in [0.2, 0.25) is 0 Å². The van der Waals surface area contributed by atoms with E-state index in [0.717, 1.165) is 26.1 Å². The normalized spacial score (nSPS) is 21.7. The van der Waals surface area contributed by atoms with Crippen LogP contribution in [0.15, 0.2) is 29.8 Å². The number of nitrogens with zero attached hydrogens (tertiary/aromatic N) is 1. The Labute approximate surface area is 115 Å². The predicted octanol–water partition coefficient (Wildman–Crippen LogP) is 3.24. The Bertz CT molecular complexity index is 518. The highest BCUT2D eigenvalue weighted by Crippen LogP contribution is 2.40. The van der Waals surface area contributed by atoms with Gasteiger partial charge in [-0.3, -0.25) is 4.79 Å². The van der Waals surface area contributed by atoms with Crippen molar-refractivity contribution >= 4 is 11.9 Å². The Kier molecular flexibility index (Phi) is 3.52. The molecule has 100 valence electrons. The maximum absolute atomic E-state index is 11.4. The fourth-order valence-corrected chi connectivity index (χ4v) is 3.22. The van der Waals surface area contributed by atoms with E-state index in [0.29, 0.717) is 24.5 Å². The van der Waals surface area contributed by atoms with Crippen LogP contribution in [0.25, 0.3) is 6.08 Å². The predicted molar refractivity (Wildman–Crippen MR) is 78.1 cm³/mol. The molecule has 0 radical (unpaired) electrons. The Morgan fingerprint density at radius 2 is 2.21 bits per heavy atom. The highest BCUT2D eigenvalue weighted by molar-refractivity contribution is 5.78. The van der Waals surface area contributed by atoms with Crippen LogP contribution in [0.3, 0.4) is 0 Å². The molecular weight excluding hydrogens is 234 g/mol. The van der Waals surface area contributed by atoms with Crippen molar-refractivity contribution in [3.8, 4) is 0 Å². The standard InChI is InChI=1S/C17H21NO/c1-2-15(19)8-10-18-9-7-14-11-13-5-3-4-6-16(13)17(14)12-18/h3-6,11,17H,2,7-10,12H2,1H3/t17-/m0/s1. The van der Waals surface area contributed by atoms with Gasteiger partial charge in [0.2, 0.25) is 0 Å². The van der Waals surface area contributed by atoms with Gasteiger partial charge >= 0.3 is 0 Å². The molecule has 0 unspecified atom stereocenters. The number of carbonyl (C=O) groups excluding carboxylic acids is 1. The van der Waals surface area contributed by atoms with E-state index in [1.165, 1.54) is 11.1 Å². The Balaban J connectivity index is 1.67. The van der Waals surface area contributed by atoms with E-state index in [4.69, 9.17) is 0 Å². The third-order valence-corrected chi connectivity index (χ3v) is 4.42. The fraction of sp³-hybridized carbons (Fsp3) is 0.471. The lowest BCUT2D eigenvalue weighted by molar-refractivity contribution is -0.119. The van der Waals surface area contributed by atoms with Gasteiger partial charge in [0.25, 0.3) is 0 Å². The topological polar surface area (TPSA) is 20.3 Å². The maximum Gasteiger partial charge on any atom is 0.133 e. The van der Waals surface area contributed by atoms with Gasteiger partial charge < -0.3 is 4.90 Å². The number of carbonyl (C=O) groups is 1. The molecule has 1 aromatic rings. The quantitative estimate of drug-likeness (QED) is 0.823. The smallest absolute Gasteiger partial charge is 0.133 e. The minimum absolute atomic E-state index is 0.383. The monoisotopic (exact) mass is 255 g/mol. The summed E-state index contributed by atoms with van der Waals surface area (Å²) in [6.45, 7) is 5.07. The molecule has 1 saturated heterocycles. The van der Waals surface area contributed by atoms with Gasteiger partial charge in [-0.2, -0.15) is 0 Å². The minimum Gasteiger partial charge on any atom is -0.302 e. The molecule has 1 fully saturated rings. The number of ketones is 1. The van der Waals surface area contributed by atoms with Crippen molar-refractivity contribution in [2.24, 2.45) is 0 Å². The fourth-order valence-electron chi connectivity index (χ4n) is 3.22. The molecular formula is C17H21NO. The van der Waals surface area contributed by atoms with Crippen molar-refractivity contribution in [1.29, 1.82) is 0 Å². The number of rotatable bonds is 4. The van der Waals surface area contributed by atoms with Gasteiger partial charge in [-0.1, -0.05) is 42.8 Å². The van der Waals surface area contributed by atoms with Crippen LogP contribution in [0.1, 0.15) is 43.2 Å². The van der Waals surface area contributed by atoms with Crippen LogP contribution < -0.4 is 0 Å². The van der Waals surface area contributed by atoms with Gasteiger partial charge in [-0.05, 0) is 17.5 Å². The van der Waals surface area contributed by atoms with E-state index in [2.05, 4.69) is 35.2 Å². The third kappa shape index (κ3) is 2.50. The lowest BCUT2D eigenvalue weighted by Crippen LogP contribution is -2.36. The Morgan fingerprint density at radius 1 is 1.37 bits per heavy atom. The Morgan fingerprint density at radius 3 is 3.05 bits per heavy atom. The van der Waals surface area contributed by atoms with Crippen LogP contribution in [0, 0.1) is 0 Å².